The third-order valence-corrected chi connectivity index (χ3v) is 14.2. The lowest BCUT2D eigenvalue weighted by molar-refractivity contribution is 0.0980. The maximum atomic E-state index is 11.1. The van der Waals surface area contributed by atoms with Gasteiger partial charge in [0.25, 0.3) is 5.22 Å². The van der Waals surface area contributed by atoms with Gasteiger partial charge in [0.05, 0.1) is 16.8 Å². The fourth-order valence-corrected chi connectivity index (χ4v) is 9.47. The van der Waals surface area contributed by atoms with E-state index in [1.807, 2.05) is 124 Å². The van der Waals surface area contributed by atoms with E-state index in [0.29, 0.717) is 12.8 Å². The fraction of sp³-hybridized carbons (Fsp3) is 0.357. The number of nitrogens with zero attached hydrogens (tertiary/aromatic N) is 4. The number of para-hydroxylation sites is 3. The molecule has 0 bridgehead atoms. The van der Waals surface area contributed by atoms with E-state index in [1.54, 1.807) is 34.9 Å². The van der Waals surface area contributed by atoms with Gasteiger partial charge in [-0.25, -0.2) is 14.8 Å². The first kappa shape index (κ1) is 56.3. The Morgan fingerprint density at radius 3 is 1.87 bits per heavy atom. The van der Waals surface area contributed by atoms with Gasteiger partial charge in [0.1, 0.15) is 10.5 Å². The first-order chi connectivity index (χ1) is 32.6. The maximum Gasteiger partial charge on any atom is 0.256 e. The summed E-state index contributed by atoms with van der Waals surface area (Å²) in [5, 5.41) is 1.72. The minimum atomic E-state index is 0.209. The molecule has 67 heavy (non-hydrogen) atoms. The summed E-state index contributed by atoms with van der Waals surface area (Å²) >= 11 is 7.03. The van der Waals surface area contributed by atoms with Crippen molar-refractivity contribution in [2.24, 2.45) is 0 Å². The zero-order valence-corrected chi connectivity index (χ0v) is 43.8. The van der Waals surface area contributed by atoms with Crippen LogP contribution in [0.1, 0.15) is 130 Å². The number of carbonyl (C=O) groups is 2. The van der Waals surface area contributed by atoms with Crippen molar-refractivity contribution in [2.75, 3.05) is 17.3 Å². The average Bonchev–Trinajstić information content (AvgIpc) is 4.01. The highest BCUT2D eigenvalue weighted by Gasteiger charge is 2.15. The fourth-order valence-electron chi connectivity index (χ4n) is 5.96. The second kappa shape index (κ2) is 33.5. The molecule has 0 saturated carbocycles. The highest BCUT2D eigenvalue weighted by molar-refractivity contribution is 8.01. The van der Waals surface area contributed by atoms with Crippen LogP contribution in [0.15, 0.2) is 141 Å². The molecule has 0 radical (unpaired) electrons. The van der Waals surface area contributed by atoms with Gasteiger partial charge in [0, 0.05) is 41.2 Å². The normalized spacial score (nSPS) is 11.0. The van der Waals surface area contributed by atoms with E-state index in [2.05, 4.69) is 78.3 Å². The summed E-state index contributed by atoms with van der Waals surface area (Å²) in [7, 11) is 0. The molecule has 0 atom stereocenters. The van der Waals surface area contributed by atoms with Gasteiger partial charge in [-0.15, -0.1) is 29.7 Å². The SMILES string of the molecule is C=CCC.CCC(=O)c1ccc(C)cc1.CCC(=O)c1ccccc1.CCCSc1nc2ccccc2o1.CCCSc1nc2ccccc2s1.[C-]#[N+]c1cc2c(nc1SCCC)CCCC2. The van der Waals surface area contributed by atoms with Crippen LogP contribution in [0.2, 0.25) is 0 Å². The summed E-state index contributed by atoms with van der Waals surface area (Å²) in [6.07, 6.45) is 12.3. The lowest BCUT2D eigenvalue weighted by Crippen LogP contribution is -2.05. The van der Waals surface area contributed by atoms with Crippen molar-refractivity contribution in [1.29, 1.82) is 0 Å². The Morgan fingerprint density at radius 2 is 1.27 bits per heavy atom. The van der Waals surface area contributed by atoms with Crippen LogP contribution in [0.4, 0.5) is 5.69 Å². The van der Waals surface area contributed by atoms with Crippen LogP contribution in [-0.4, -0.2) is 43.8 Å². The molecule has 0 saturated heterocycles. The van der Waals surface area contributed by atoms with Crippen molar-refractivity contribution in [3.05, 3.63) is 161 Å². The lowest BCUT2D eigenvalue weighted by Gasteiger charge is -2.16. The van der Waals surface area contributed by atoms with Gasteiger partial charge in [-0.3, -0.25) is 14.6 Å². The van der Waals surface area contributed by atoms with Crippen molar-refractivity contribution in [3.8, 4) is 0 Å². The molecule has 0 aliphatic heterocycles. The molecule has 0 spiro atoms. The summed E-state index contributed by atoms with van der Waals surface area (Å²) in [6.45, 7) is 25.0. The van der Waals surface area contributed by atoms with Crippen LogP contribution in [0.5, 0.6) is 0 Å². The Labute approximate surface area is 417 Å². The van der Waals surface area contributed by atoms with Gasteiger partial charge >= 0.3 is 0 Å². The summed E-state index contributed by atoms with van der Waals surface area (Å²) < 4.78 is 8.01. The van der Waals surface area contributed by atoms with Crippen LogP contribution in [0.25, 0.3) is 26.2 Å². The minimum Gasteiger partial charge on any atom is -0.431 e. The predicted molar refractivity (Wildman–Crippen MR) is 291 cm³/mol. The van der Waals surface area contributed by atoms with Crippen molar-refractivity contribution < 1.29 is 14.0 Å². The molecule has 0 fully saturated rings. The smallest absolute Gasteiger partial charge is 0.256 e. The van der Waals surface area contributed by atoms with Crippen LogP contribution >= 0.6 is 46.6 Å². The Balaban J connectivity index is 0.000000219. The predicted octanol–water partition coefficient (Wildman–Crippen LogP) is 17.6. The number of allylic oxidation sites excluding steroid dienone is 1. The number of pyridine rings is 1. The molecule has 8 rings (SSSR count). The Morgan fingerprint density at radius 1 is 0.701 bits per heavy atom. The number of thiazole rings is 1. The molecule has 354 valence electrons. The zero-order valence-electron chi connectivity index (χ0n) is 40.5. The molecular weight excluding hydrogens is 905 g/mol. The van der Waals surface area contributed by atoms with Crippen molar-refractivity contribution in [1.82, 2.24) is 15.0 Å². The number of rotatable bonds is 14. The second-order valence-corrected chi connectivity index (χ2v) is 19.7. The summed E-state index contributed by atoms with van der Waals surface area (Å²) in [6, 6.07) is 35.2. The summed E-state index contributed by atoms with van der Waals surface area (Å²) in [5.41, 5.74) is 9.06. The Bertz CT molecular complexity index is 2400. The molecular formula is C56H68N4O3S4. The standard InChI is InChI=1S/C13H16N2S.C10H11NOS.C10H11NS2.C10H12O.C9H10O.C4H8/c1-3-8-16-13-12(14-2)9-10-6-4-5-7-11(10)15-13;1-2-7-13-10-11-8-5-3-4-6-9(8)12-10;1-2-7-12-10-11-8-5-3-4-6-9(8)13-10;1-3-10(11)9-6-4-8(2)5-7-9;1-2-9(10)8-6-4-3-5-7-8;1-3-4-2/h9H,3-8H2,1H3;2*3-6H,2,7H2,1H3;4-7H,3H2,1-2H3;3-7H,2H2,1H3;3H,1,4H2,2H3. The number of aryl methyl sites for hydroxylation is 3. The first-order valence-electron chi connectivity index (χ1n) is 23.4. The van der Waals surface area contributed by atoms with Crippen molar-refractivity contribution in [3.63, 3.8) is 0 Å². The molecule has 0 N–H and O–H groups in total. The van der Waals surface area contributed by atoms with Crippen molar-refractivity contribution >= 4 is 85.2 Å². The molecule has 3 aromatic heterocycles. The van der Waals surface area contributed by atoms with Crippen LogP contribution in [-0.2, 0) is 12.8 Å². The molecule has 3 heterocycles. The van der Waals surface area contributed by atoms with E-state index >= 15 is 0 Å². The first-order valence-corrected chi connectivity index (χ1v) is 27.2. The highest BCUT2D eigenvalue weighted by Crippen LogP contribution is 2.33. The van der Waals surface area contributed by atoms with Gasteiger partial charge in [0.15, 0.2) is 21.5 Å². The van der Waals surface area contributed by atoms with Crippen LogP contribution < -0.4 is 0 Å². The van der Waals surface area contributed by atoms with E-state index in [0.717, 1.165) is 87.3 Å². The number of Topliss-reactive ketones (excluding diaryl/α,β-unsaturated/α-hetero) is 2. The third kappa shape index (κ3) is 20.8. The van der Waals surface area contributed by atoms with Gasteiger partial charge in [0.2, 0.25) is 5.69 Å². The van der Waals surface area contributed by atoms with E-state index in [9.17, 15) is 9.59 Å². The molecule has 0 unspecified atom stereocenters. The molecule has 11 heteroatoms. The van der Waals surface area contributed by atoms with Gasteiger partial charge in [-0.05, 0) is 99.9 Å². The number of hydrogen-bond donors (Lipinski definition) is 0. The molecule has 7 aromatic rings. The number of ketones is 2. The molecule has 0 amide bonds. The quantitative estimate of drug-likeness (QED) is 0.0457. The Hall–Kier alpha value is -4.99. The van der Waals surface area contributed by atoms with E-state index in [-0.39, 0.29) is 11.6 Å². The van der Waals surface area contributed by atoms with E-state index < -0.39 is 0 Å². The number of benzene rings is 4. The van der Waals surface area contributed by atoms with Gasteiger partial charge in [-0.2, -0.15) is 0 Å². The average molecular weight is 973 g/mol. The monoisotopic (exact) mass is 972 g/mol. The molecule has 1 aliphatic carbocycles. The van der Waals surface area contributed by atoms with Crippen LogP contribution in [0, 0.1) is 13.5 Å². The minimum absolute atomic E-state index is 0.209. The largest absolute Gasteiger partial charge is 0.431 e. The van der Waals surface area contributed by atoms with Gasteiger partial charge < -0.3 is 4.42 Å². The highest BCUT2D eigenvalue weighted by atomic mass is 32.2. The number of oxazole rings is 1. The molecule has 1 aliphatic rings. The van der Waals surface area contributed by atoms with Crippen LogP contribution in [0.3, 0.4) is 0 Å². The summed E-state index contributed by atoms with van der Waals surface area (Å²) in [4.78, 5) is 39.3. The number of aromatic nitrogens is 3. The molecule has 4 aromatic carbocycles. The Kier molecular flexibility index (Phi) is 28.1. The maximum absolute atomic E-state index is 11.1. The number of fused-ring (bicyclic) bond motifs is 3. The van der Waals surface area contributed by atoms with E-state index in [1.165, 1.54) is 50.9 Å². The van der Waals surface area contributed by atoms with Crippen molar-refractivity contribution in [2.45, 2.75) is 127 Å². The number of thioether (sulfide) groups is 3. The van der Waals surface area contributed by atoms with E-state index in [4.69, 9.17) is 11.0 Å². The summed E-state index contributed by atoms with van der Waals surface area (Å²) in [5.74, 6) is 3.70. The topological polar surface area (TPSA) is 90.3 Å². The van der Waals surface area contributed by atoms with Gasteiger partial charge in [-0.1, -0.05) is 156 Å². The second-order valence-electron chi connectivity index (χ2n) is 15.2. The molecule has 7 nitrogen and oxygen atoms in total. The zero-order chi connectivity index (χ0) is 48.7. The number of carbonyl (C=O) groups excluding carboxylic acids is 2. The third-order valence-electron chi connectivity index (χ3n) is 9.62. The number of hydrogen-bond acceptors (Lipinski definition) is 10. The lowest BCUT2D eigenvalue weighted by atomic mass is 9.96.